The van der Waals surface area contributed by atoms with E-state index in [1.807, 2.05) is 18.2 Å². The molecule has 0 amide bonds. The standard InChI is InChI=1S/C15H17ClFNS/c1-11(10-12-4-2-3-5-14(12)17)18-9-8-13-6-7-15(16)19-13/h2-7,11,18H,8-10H2,1H3. The fourth-order valence-corrected chi connectivity index (χ4v) is 3.08. The van der Waals surface area contributed by atoms with E-state index in [2.05, 4.69) is 18.3 Å². The molecule has 0 aliphatic rings. The van der Waals surface area contributed by atoms with E-state index in [-0.39, 0.29) is 11.9 Å². The molecule has 1 aromatic carbocycles. The van der Waals surface area contributed by atoms with Gasteiger partial charge in [0.05, 0.1) is 4.34 Å². The summed E-state index contributed by atoms with van der Waals surface area (Å²) in [7, 11) is 0. The fraction of sp³-hybridized carbons (Fsp3) is 0.333. The fourth-order valence-electron chi connectivity index (χ4n) is 1.99. The molecular weight excluding hydrogens is 281 g/mol. The minimum absolute atomic E-state index is 0.124. The highest BCUT2D eigenvalue weighted by Gasteiger charge is 2.07. The van der Waals surface area contributed by atoms with Crippen molar-refractivity contribution in [1.29, 1.82) is 0 Å². The Morgan fingerprint density at radius 2 is 2.05 bits per heavy atom. The highest BCUT2D eigenvalue weighted by Crippen LogP contribution is 2.21. The maximum absolute atomic E-state index is 13.5. The van der Waals surface area contributed by atoms with Crippen LogP contribution in [0.2, 0.25) is 4.34 Å². The molecule has 1 unspecified atom stereocenters. The molecule has 2 rings (SSSR count). The van der Waals surface area contributed by atoms with Crippen LogP contribution in [0.3, 0.4) is 0 Å². The van der Waals surface area contributed by atoms with Crippen LogP contribution in [-0.4, -0.2) is 12.6 Å². The van der Waals surface area contributed by atoms with Gasteiger partial charge in [-0.15, -0.1) is 11.3 Å². The van der Waals surface area contributed by atoms with Gasteiger partial charge in [0.15, 0.2) is 0 Å². The maximum Gasteiger partial charge on any atom is 0.126 e. The van der Waals surface area contributed by atoms with E-state index in [0.717, 1.165) is 22.9 Å². The summed E-state index contributed by atoms with van der Waals surface area (Å²) in [5.74, 6) is -0.124. The summed E-state index contributed by atoms with van der Waals surface area (Å²) in [5, 5.41) is 3.41. The molecule has 0 fully saturated rings. The molecule has 1 atom stereocenters. The number of benzene rings is 1. The molecule has 19 heavy (non-hydrogen) atoms. The van der Waals surface area contributed by atoms with Gasteiger partial charge in [-0.3, -0.25) is 0 Å². The van der Waals surface area contributed by atoms with Crippen molar-refractivity contribution in [3.05, 3.63) is 57.0 Å². The molecule has 4 heteroatoms. The SMILES string of the molecule is CC(Cc1ccccc1F)NCCc1ccc(Cl)s1. The molecule has 2 aromatic rings. The van der Waals surface area contributed by atoms with E-state index in [1.165, 1.54) is 10.9 Å². The second-order valence-corrected chi connectivity index (χ2v) is 6.41. The van der Waals surface area contributed by atoms with Gasteiger partial charge in [0.1, 0.15) is 5.82 Å². The van der Waals surface area contributed by atoms with Gasteiger partial charge in [0.2, 0.25) is 0 Å². The number of nitrogens with one attached hydrogen (secondary N) is 1. The van der Waals surface area contributed by atoms with Crippen molar-refractivity contribution in [2.75, 3.05) is 6.54 Å². The van der Waals surface area contributed by atoms with Gasteiger partial charge >= 0.3 is 0 Å². The Morgan fingerprint density at radius 1 is 1.26 bits per heavy atom. The predicted octanol–water partition coefficient (Wildman–Crippen LogP) is 4.30. The lowest BCUT2D eigenvalue weighted by molar-refractivity contribution is 0.529. The quantitative estimate of drug-likeness (QED) is 0.838. The zero-order chi connectivity index (χ0) is 13.7. The van der Waals surface area contributed by atoms with Gasteiger partial charge in [0.25, 0.3) is 0 Å². The Kier molecular flexibility index (Phi) is 5.37. The van der Waals surface area contributed by atoms with Crippen molar-refractivity contribution in [2.24, 2.45) is 0 Å². The monoisotopic (exact) mass is 297 g/mol. The molecule has 0 aliphatic carbocycles. The Labute approximate surface area is 122 Å². The zero-order valence-electron chi connectivity index (χ0n) is 10.8. The molecular formula is C15H17ClFNS. The minimum atomic E-state index is -0.124. The van der Waals surface area contributed by atoms with E-state index >= 15 is 0 Å². The molecule has 1 heterocycles. The smallest absolute Gasteiger partial charge is 0.126 e. The largest absolute Gasteiger partial charge is 0.314 e. The van der Waals surface area contributed by atoms with E-state index in [9.17, 15) is 4.39 Å². The first-order valence-corrected chi connectivity index (χ1v) is 7.55. The number of hydrogen-bond donors (Lipinski definition) is 1. The summed E-state index contributed by atoms with van der Waals surface area (Å²) in [6.45, 7) is 2.96. The van der Waals surface area contributed by atoms with Gasteiger partial charge in [0, 0.05) is 17.5 Å². The van der Waals surface area contributed by atoms with Crippen LogP contribution in [0.25, 0.3) is 0 Å². The Morgan fingerprint density at radius 3 is 2.74 bits per heavy atom. The predicted molar refractivity (Wildman–Crippen MR) is 80.6 cm³/mol. The summed E-state index contributed by atoms with van der Waals surface area (Å²) >= 11 is 7.49. The minimum Gasteiger partial charge on any atom is -0.314 e. The summed E-state index contributed by atoms with van der Waals surface area (Å²) in [5.41, 5.74) is 0.765. The summed E-state index contributed by atoms with van der Waals surface area (Å²) in [4.78, 5) is 1.27. The van der Waals surface area contributed by atoms with Crippen LogP contribution in [0.15, 0.2) is 36.4 Å². The van der Waals surface area contributed by atoms with Crippen LogP contribution >= 0.6 is 22.9 Å². The topological polar surface area (TPSA) is 12.0 Å². The van der Waals surface area contributed by atoms with Crippen LogP contribution in [-0.2, 0) is 12.8 Å². The van der Waals surface area contributed by atoms with Crippen molar-refractivity contribution in [2.45, 2.75) is 25.8 Å². The highest BCUT2D eigenvalue weighted by molar-refractivity contribution is 7.16. The first-order chi connectivity index (χ1) is 9.15. The normalized spacial score (nSPS) is 12.6. The first-order valence-electron chi connectivity index (χ1n) is 6.36. The van der Waals surface area contributed by atoms with Crippen molar-refractivity contribution >= 4 is 22.9 Å². The molecule has 0 bridgehead atoms. The van der Waals surface area contributed by atoms with Crippen LogP contribution in [0.4, 0.5) is 4.39 Å². The van der Waals surface area contributed by atoms with E-state index in [4.69, 9.17) is 11.6 Å². The Hall–Kier alpha value is -0.900. The lowest BCUT2D eigenvalue weighted by Gasteiger charge is -2.13. The van der Waals surface area contributed by atoms with E-state index in [1.54, 1.807) is 17.4 Å². The molecule has 0 spiro atoms. The molecule has 0 saturated heterocycles. The molecule has 1 N–H and O–H groups in total. The number of halogens is 2. The van der Waals surface area contributed by atoms with Crippen molar-refractivity contribution in [1.82, 2.24) is 5.32 Å². The molecule has 0 radical (unpaired) electrons. The molecule has 1 aromatic heterocycles. The van der Waals surface area contributed by atoms with Crippen molar-refractivity contribution in [3.63, 3.8) is 0 Å². The molecule has 102 valence electrons. The highest BCUT2D eigenvalue weighted by atomic mass is 35.5. The van der Waals surface area contributed by atoms with Crippen molar-refractivity contribution in [3.8, 4) is 0 Å². The first kappa shape index (κ1) is 14.5. The third-order valence-corrected chi connectivity index (χ3v) is 4.27. The van der Waals surface area contributed by atoms with Gasteiger partial charge < -0.3 is 5.32 Å². The summed E-state index contributed by atoms with van der Waals surface area (Å²) in [6.07, 6.45) is 1.66. The molecule has 0 saturated carbocycles. The van der Waals surface area contributed by atoms with Crippen LogP contribution in [0, 0.1) is 5.82 Å². The average molecular weight is 298 g/mol. The second-order valence-electron chi connectivity index (χ2n) is 4.61. The van der Waals surface area contributed by atoms with Crippen molar-refractivity contribution < 1.29 is 4.39 Å². The van der Waals surface area contributed by atoms with Gasteiger partial charge in [-0.05, 0) is 43.5 Å². The zero-order valence-corrected chi connectivity index (χ0v) is 12.4. The third kappa shape index (κ3) is 4.60. The summed E-state index contributed by atoms with van der Waals surface area (Å²) < 4.78 is 14.3. The molecule has 0 aliphatic heterocycles. The number of hydrogen-bond acceptors (Lipinski definition) is 2. The third-order valence-electron chi connectivity index (χ3n) is 2.98. The van der Waals surface area contributed by atoms with Gasteiger partial charge in [-0.1, -0.05) is 29.8 Å². The van der Waals surface area contributed by atoms with E-state index in [0.29, 0.717) is 6.42 Å². The Bertz CT molecular complexity index is 526. The average Bonchev–Trinajstić information content (AvgIpc) is 2.78. The lowest BCUT2D eigenvalue weighted by Crippen LogP contribution is -2.30. The lowest BCUT2D eigenvalue weighted by atomic mass is 10.1. The van der Waals surface area contributed by atoms with E-state index < -0.39 is 0 Å². The Balaban J connectivity index is 1.76. The van der Waals surface area contributed by atoms with Crippen LogP contribution in [0.1, 0.15) is 17.4 Å². The second kappa shape index (κ2) is 7.04. The van der Waals surface area contributed by atoms with Crippen LogP contribution in [0.5, 0.6) is 0 Å². The van der Waals surface area contributed by atoms with Gasteiger partial charge in [-0.2, -0.15) is 0 Å². The summed E-state index contributed by atoms with van der Waals surface area (Å²) in [6, 6.07) is 11.2. The maximum atomic E-state index is 13.5. The molecule has 1 nitrogen and oxygen atoms in total. The number of rotatable bonds is 6. The van der Waals surface area contributed by atoms with Crippen LogP contribution < -0.4 is 5.32 Å². The number of thiophene rings is 1. The van der Waals surface area contributed by atoms with Gasteiger partial charge in [-0.25, -0.2) is 4.39 Å².